The first-order valence-electron chi connectivity index (χ1n) is 11.5. The number of nitrogens with zero attached hydrogens (tertiary/aromatic N) is 3. The third-order valence-electron chi connectivity index (χ3n) is 7.06. The van der Waals surface area contributed by atoms with Crippen molar-refractivity contribution in [2.24, 2.45) is 5.92 Å². The summed E-state index contributed by atoms with van der Waals surface area (Å²) in [7, 11) is 4.03. The van der Waals surface area contributed by atoms with Gasteiger partial charge in [-0.1, -0.05) is 30.4 Å². The molecule has 0 radical (unpaired) electrons. The Morgan fingerprint density at radius 3 is 2.50 bits per heavy atom. The van der Waals surface area contributed by atoms with Gasteiger partial charge in [0, 0.05) is 42.6 Å². The lowest BCUT2D eigenvalue weighted by Gasteiger charge is -2.57. The van der Waals surface area contributed by atoms with Gasteiger partial charge < -0.3 is 10.0 Å². The third-order valence-corrected chi connectivity index (χ3v) is 7.06. The molecule has 1 saturated carbocycles. The molecule has 3 aliphatic rings. The first-order chi connectivity index (χ1) is 14.6. The summed E-state index contributed by atoms with van der Waals surface area (Å²) in [5, 5.41) is 10.1. The second-order valence-corrected chi connectivity index (χ2v) is 9.36. The van der Waals surface area contributed by atoms with Crippen LogP contribution in [0.2, 0.25) is 0 Å². The van der Waals surface area contributed by atoms with E-state index in [1.54, 1.807) is 0 Å². The van der Waals surface area contributed by atoms with Crippen LogP contribution in [0, 0.1) is 17.8 Å². The Balaban J connectivity index is 1.49. The first kappa shape index (κ1) is 21.4. The van der Waals surface area contributed by atoms with E-state index < -0.39 is 0 Å². The smallest absolute Gasteiger partial charge is 0.225 e. The van der Waals surface area contributed by atoms with Gasteiger partial charge in [-0.3, -0.25) is 14.6 Å². The van der Waals surface area contributed by atoms with E-state index in [0.717, 1.165) is 57.4 Å². The Labute approximate surface area is 181 Å². The highest BCUT2D eigenvalue weighted by atomic mass is 16.3. The highest BCUT2D eigenvalue weighted by Crippen LogP contribution is 2.42. The van der Waals surface area contributed by atoms with E-state index in [1.807, 2.05) is 14.1 Å². The van der Waals surface area contributed by atoms with Gasteiger partial charge in [0.25, 0.3) is 0 Å². The molecule has 1 aromatic rings. The van der Waals surface area contributed by atoms with Crippen molar-refractivity contribution < 1.29 is 9.90 Å². The normalized spacial score (nSPS) is 27.2. The van der Waals surface area contributed by atoms with Crippen LogP contribution in [0.1, 0.15) is 49.1 Å². The molecule has 30 heavy (non-hydrogen) atoms. The van der Waals surface area contributed by atoms with Gasteiger partial charge in [-0.15, -0.1) is 0 Å². The zero-order valence-corrected chi connectivity index (χ0v) is 18.4. The molecule has 3 fully saturated rings. The maximum Gasteiger partial charge on any atom is 0.225 e. The van der Waals surface area contributed by atoms with Crippen LogP contribution >= 0.6 is 0 Å². The van der Waals surface area contributed by atoms with Crippen molar-refractivity contribution in [1.82, 2.24) is 14.7 Å². The zero-order chi connectivity index (χ0) is 21.1. The van der Waals surface area contributed by atoms with Gasteiger partial charge in [-0.25, -0.2) is 0 Å². The number of hydrogen-bond donors (Lipinski definition) is 1. The van der Waals surface area contributed by atoms with E-state index in [2.05, 4.69) is 50.8 Å². The van der Waals surface area contributed by atoms with Gasteiger partial charge >= 0.3 is 0 Å². The van der Waals surface area contributed by atoms with Crippen LogP contribution in [-0.4, -0.2) is 84.7 Å². The molecule has 3 atom stereocenters. The Hall–Kier alpha value is -1.87. The fourth-order valence-electron chi connectivity index (χ4n) is 5.14. The lowest BCUT2D eigenvalue weighted by molar-refractivity contribution is -0.143. The molecular formula is C25H35N3O2. The van der Waals surface area contributed by atoms with Gasteiger partial charge in [0.15, 0.2) is 0 Å². The molecule has 1 N–H and O–H groups in total. The van der Waals surface area contributed by atoms with E-state index in [9.17, 15) is 9.90 Å². The highest BCUT2D eigenvalue weighted by Gasteiger charge is 2.49. The van der Waals surface area contributed by atoms with Gasteiger partial charge in [0.1, 0.15) is 0 Å². The Kier molecular flexibility index (Phi) is 6.77. The summed E-state index contributed by atoms with van der Waals surface area (Å²) in [6.07, 6.45) is 5.46. The Bertz CT molecular complexity index is 791. The average Bonchev–Trinajstić information content (AvgIpc) is 2.66. The maximum atomic E-state index is 12.9. The number of aliphatic hydroxyl groups is 1. The summed E-state index contributed by atoms with van der Waals surface area (Å²) < 4.78 is 0. The molecule has 162 valence electrons. The molecule has 2 aliphatic heterocycles. The van der Waals surface area contributed by atoms with Gasteiger partial charge in [0.2, 0.25) is 5.91 Å². The van der Waals surface area contributed by atoms with Gasteiger partial charge in [0.05, 0.1) is 13.2 Å². The molecule has 0 spiro atoms. The lowest BCUT2D eigenvalue weighted by Crippen LogP contribution is -2.68. The molecule has 0 bridgehead atoms. The lowest BCUT2D eigenvalue weighted by atomic mass is 9.74. The summed E-state index contributed by atoms with van der Waals surface area (Å²) in [4.78, 5) is 19.6. The second kappa shape index (κ2) is 9.51. The standard InChI is InChI=1S/C25H35N3O2/c1-26(2)14-6-7-19-10-12-20(13-11-19)24-22-17-27(25(30)21-8-5-9-21)15-3-4-16-28(22)23(24)18-29/h10-13,21-24,29H,3-5,8-9,14-18H2,1-2H3/t22-,23-,24-/m1/s1. The molecule has 0 aromatic heterocycles. The van der Waals surface area contributed by atoms with Crippen LogP contribution in [0.25, 0.3) is 0 Å². The molecule has 2 heterocycles. The minimum absolute atomic E-state index is 0.152. The van der Waals surface area contributed by atoms with E-state index in [4.69, 9.17) is 0 Å². The number of carbonyl (C=O) groups excluding carboxylic acids is 1. The predicted octanol–water partition coefficient (Wildman–Crippen LogP) is 2.15. The minimum atomic E-state index is 0.152. The minimum Gasteiger partial charge on any atom is -0.395 e. The molecular weight excluding hydrogens is 374 g/mol. The van der Waals surface area contributed by atoms with Crippen LogP contribution in [-0.2, 0) is 4.79 Å². The topological polar surface area (TPSA) is 47.0 Å². The van der Waals surface area contributed by atoms with Crippen LogP contribution < -0.4 is 0 Å². The van der Waals surface area contributed by atoms with Crippen molar-refractivity contribution in [3.05, 3.63) is 35.4 Å². The van der Waals surface area contributed by atoms with Gasteiger partial charge in [-0.2, -0.15) is 0 Å². The Morgan fingerprint density at radius 1 is 1.13 bits per heavy atom. The summed E-state index contributed by atoms with van der Waals surface area (Å²) in [6.45, 7) is 3.62. The zero-order valence-electron chi connectivity index (χ0n) is 18.4. The number of hydrogen-bond acceptors (Lipinski definition) is 4. The first-order valence-corrected chi connectivity index (χ1v) is 11.5. The van der Waals surface area contributed by atoms with E-state index >= 15 is 0 Å². The summed E-state index contributed by atoms with van der Waals surface area (Å²) in [6, 6.07) is 8.98. The van der Waals surface area contributed by atoms with Crippen molar-refractivity contribution in [1.29, 1.82) is 0 Å². The van der Waals surface area contributed by atoms with Crippen molar-refractivity contribution in [3.63, 3.8) is 0 Å². The van der Waals surface area contributed by atoms with Crippen molar-refractivity contribution in [3.8, 4) is 11.8 Å². The highest BCUT2D eigenvalue weighted by molar-refractivity contribution is 5.79. The van der Waals surface area contributed by atoms with Crippen molar-refractivity contribution >= 4 is 5.91 Å². The third kappa shape index (κ3) is 4.42. The number of amides is 1. The number of aliphatic hydroxyl groups excluding tert-OH is 1. The molecule has 5 heteroatoms. The summed E-state index contributed by atoms with van der Waals surface area (Å²) in [5.74, 6) is 7.29. The summed E-state index contributed by atoms with van der Waals surface area (Å²) in [5.41, 5.74) is 2.28. The SMILES string of the molecule is CN(C)CC#Cc1ccc([C@H]2[C@@H](CO)N3CCCCN(C(=O)C4CCC4)C[C@H]23)cc1. The number of carbonyl (C=O) groups is 1. The number of rotatable bonds is 4. The molecule has 0 unspecified atom stereocenters. The van der Waals surface area contributed by atoms with E-state index in [0.29, 0.717) is 11.9 Å². The Morgan fingerprint density at radius 2 is 1.87 bits per heavy atom. The van der Waals surface area contributed by atoms with E-state index in [-0.39, 0.29) is 24.5 Å². The fraction of sp³-hybridized carbons (Fsp3) is 0.640. The van der Waals surface area contributed by atoms with Crippen LogP contribution in [0.5, 0.6) is 0 Å². The van der Waals surface area contributed by atoms with Crippen molar-refractivity contribution in [2.45, 2.75) is 50.1 Å². The van der Waals surface area contributed by atoms with Gasteiger partial charge in [-0.05, 0) is 64.0 Å². The maximum absolute atomic E-state index is 12.9. The predicted molar refractivity (Wildman–Crippen MR) is 119 cm³/mol. The average molecular weight is 410 g/mol. The monoisotopic (exact) mass is 409 g/mol. The quantitative estimate of drug-likeness (QED) is 0.774. The largest absolute Gasteiger partial charge is 0.395 e. The second-order valence-electron chi connectivity index (χ2n) is 9.36. The molecule has 1 aliphatic carbocycles. The molecule has 5 nitrogen and oxygen atoms in total. The molecule has 2 saturated heterocycles. The number of fused-ring (bicyclic) bond motifs is 1. The molecule has 1 aromatic carbocycles. The number of benzene rings is 1. The summed E-state index contributed by atoms with van der Waals surface area (Å²) >= 11 is 0. The van der Waals surface area contributed by atoms with E-state index in [1.165, 1.54) is 12.0 Å². The van der Waals surface area contributed by atoms with Crippen LogP contribution in [0.3, 0.4) is 0 Å². The molecule has 1 amide bonds. The van der Waals surface area contributed by atoms with Crippen molar-refractivity contribution in [2.75, 3.05) is 46.9 Å². The van der Waals surface area contributed by atoms with Crippen LogP contribution in [0.15, 0.2) is 24.3 Å². The fourth-order valence-corrected chi connectivity index (χ4v) is 5.14. The molecule has 4 rings (SSSR count). The van der Waals surface area contributed by atoms with Crippen LogP contribution in [0.4, 0.5) is 0 Å².